The van der Waals surface area contributed by atoms with Crippen molar-refractivity contribution in [1.82, 2.24) is 0 Å². The molecule has 1 heterocycles. The lowest BCUT2D eigenvalue weighted by Crippen LogP contribution is -2.99. The van der Waals surface area contributed by atoms with Crippen LogP contribution in [0.5, 0.6) is 0 Å². The third-order valence-corrected chi connectivity index (χ3v) is 3.20. The van der Waals surface area contributed by atoms with Crippen LogP contribution in [-0.4, -0.2) is 11.1 Å². The van der Waals surface area contributed by atoms with Crippen molar-refractivity contribution in [3.8, 4) is 0 Å². The molecule has 2 aromatic carbocycles. The Morgan fingerprint density at radius 1 is 1.10 bits per heavy atom. The van der Waals surface area contributed by atoms with Crippen LogP contribution in [0.4, 0.5) is 11.4 Å². The molecular formula is C15H12N2O3. The van der Waals surface area contributed by atoms with Gasteiger partial charge in [-0.1, -0.05) is 30.3 Å². The van der Waals surface area contributed by atoms with Crippen LogP contribution in [0.25, 0.3) is 11.6 Å². The Morgan fingerprint density at radius 2 is 1.80 bits per heavy atom. The van der Waals surface area contributed by atoms with Gasteiger partial charge in [0.1, 0.15) is 0 Å². The van der Waals surface area contributed by atoms with Crippen LogP contribution in [0.15, 0.2) is 48.5 Å². The van der Waals surface area contributed by atoms with E-state index in [1.165, 1.54) is 6.07 Å². The van der Waals surface area contributed by atoms with Crippen molar-refractivity contribution in [3.05, 3.63) is 64.9 Å². The highest BCUT2D eigenvalue weighted by Gasteiger charge is 2.24. The maximum absolute atomic E-state index is 12.0. The lowest BCUT2D eigenvalue weighted by Gasteiger charge is -2.13. The molecule has 0 radical (unpaired) electrons. The van der Waals surface area contributed by atoms with Gasteiger partial charge in [0, 0.05) is 28.5 Å². The number of amides is 1. The minimum Gasteiger partial charge on any atom is -0.595 e. The minimum absolute atomic E-state index is 0.178. The van der Waals surface area contributed by atoms with Gasteiger partial charge in [0.25, 0.3) is 5.91 Å². The number of hydrogen-bond acceptors (Lipinski definition) is 3. The van der Waals surface area contributed by atoms with Crippen LogP contribution < -0.4 is 10.5 Å². The Labute approximate surface area is 115 Å². The number of quaternary nitrogens is 1. The molecule has 1 atom stereocenters. The molecule has 0 saturated heterocycles. The van der Waals surface area contributed by atoms with E-state index in [4.69, 9.17) is 0 Å². The van der Waals surface area contributed by atoms with Crippen LogP contribution in [0, 0.1) is 5.21 Å². The standard InChI is InChI=1S/C15H12N2O3/c18-15-12(11-6-2-3-7-13(11)16-15)9-10-5-1-4-8-14(10)17(19)20/h1-9,17,19H,(H,16,18). The Morgan fingerprint density at radius 3 is 2.60 bits per heavy atom. The van der Waals surface area contributed by atoms with Gasteiger partial charge in [-0.2, -0.15) is 5.23 Å². The molecule has 3 rings (SSSR count). The highest BCUT2D eigenvalue weighted by molar-refractivity contribution is 6.35. The van der Waals surface area contributed by atoms with E-state index in [9.17, 15) is 15.2 Å². The predicted molar refractivity (Wildman–Crippen MR) is 75.2 cm³/mol. The number of fused-ring (bicyclic) bond motifs is 1. The van der Waals surface area contributed by atoms with Crippen molar-refractivity contribution in [2.45, 2.75) is 0 Å². The van der Waals surface area contributed by atoms with Crippen molar-refractivity contribution in [2.24, 2.45) is 0 Å². The molecule has 0 bridgehead atoms. The molecule has 0 saturated carbocycles. The Balaban J connectivity index is 2.12. The van der Waals surface area contributed by atoms with Crippen LogP contribution in [0.3, 0.4) is 0 Å². The van der Waals surface area contributed by atoms with E-state index in [-0.39, 0.29) is 11.6 Å². The molecule has 1 aliphatic heterocycles. The van der Waals surface area contributed by atoms with Crippen molar-refractivity contribution in [2.75, 3.05) is 5.32 Å². The summed E-state index contributed by atoms with van der Waals surface area (Å²) in [5.41, 5.74) is 2.71. The second kappa shape index (κ2) is 4.90. The van der Waals surface area contributed by atoms with Gasteiger partial charge in [-0.05, 0) is 18.2 Å². The summed E-state index contributed by atoms with van der Waals surface area (Å²) in [5, 5.41) is 22.1. The number of carbonyl (C=O) groups excluding carboxylic acids is 1. The normalized spacial score (nSPS) is 16.9. The van der Waals surface area contributed by atoms with Crippen molar-refractivity contribution < 1.29 is 15.2 Å². The van der Waals surface area contributed by atoms with Gasteiger partial charge in [0.05, 0.1) is 0 Å². The molecule has 0 aromatic heterocycles. The second-order valence-electron chi connectivity index (χ2n) is 4.45. The molecule has 100 valence electrons. The van der Waals surface area contributed by atoms with Gasteiger partial charge in [0.15, 0.2) is 5.69 Å². The van der Waals surface area contributed by atoms with E-state index in [2.05, 4.69) is 5.32 Å². The van der Waals surface area contributed by atoms with Crippen LogP contribution in [0.2, 0.25) is 0 Å². The first-order valence-electron chi connectivity index (χ1n) is 6.11. The van der Waals surface area contributed by atoms with Gasteiger partial charge in [-0.25, -0.2) is 5.21 Å². The van der Waals surface area contributed by atoms with Gasteiger partial charge in [-0.3, -0.25) is 4.79 Å². The minimum atomic E-state index is -1.01. The average Bonchev–Trinajstić information content (AvgIpc) is 2.76. The molecule has 1 amide bonds. The first-order chi connectivity index (χ1) is 9.66. The number of rotatable bonds is 2. The summed E-state index contributed by atoms with van der Waals surface area (Å²) < 4.78 is 0. The zero-order valence-electron chi connectivity index (χ0n) is 10.5. The zero-order chi connectivity index (χ0) is 14.1. The summed E-state index contributed by atoms with van der Waals surface area (Å²) in [4.78, 5) is 12.0. The molecule has 2 aromatic rings. The van der Waals surface area contributed by atoms with E-state index >= 15 is 0 Å². The summed E-state index contributed by atoms with van der Waals surface area (Å²) >= 11 is 0. The third-order valence-electron chi connectivity index (χ3n) is 3.20. The number of benzene rings is 2. The van der Waals surface area contributed by atoms with Gasteiger partial charge in [-0.15, -0.1) is 0 Å². The van der Waals surface area contributed by atoms with E-state index in [0.717, 1.165) is 11.3 Å². The predicted octanol–water partition coefficient (Wildman–Crippen LogP) is 1.58. The maximum Gasteiger partial charge on any atom is 0.256 e. The zero-order valence-corrected chi connectivity index (χ0v) is 10.5. The summed E-state index contributed by atoms with van der Waals surface area (Å²) in [6.45, 7) is 0. The topological polar surface area (TPSA) is 76.8 Å². The van der Waals surface area contributed by atoms with E-state index in [0.29, 0.717) is 11.1 Å². The number of carbonyl (C=O) groups is 1. The maximum atomic E-state index is 12.0. The van der Waals surface area contributed by atoms with Crippen molar-refractivity contribution in [1.29, 1.82) is 0 Å². The Bertz CT molecular complexity index is 708. The molecule has 0 aliphatic carbocycles. The second-order valence-corrected chi connectivity index (χ2v) is 4.45. The molecule has 0 spiro atoms. The van der Waals surface area contributed by atoms with Crippen LogP contribution in [0.1, 0.15) is 11.1 Å². The van der Waals surface area contributed by atoms with Crippen molar-refractivity contribution >= 4 is 28.9 Å². The Kier molecular flexibility index (Phi) is 3.08. The van der Waals surface area contributed by atoms with Gasteiger partial charge >= 0.3 is 0 Å². The van der Waals surface area contributed by atoms with Gasteiger partial charge < -0.3 is 10.5 Å². The molecule has 3 N–H and O–H groups in total. The summed E-state index contributed by atoms with van der Waals surface area (Å²) in [7, 11) is 0. The molecule has 5 heteroatoms. The van der Waals surface area contributed by atoms with Crippen molar-refractivity contribution in [3.63, 3.8) is 0 Å². The van der Waals surface area contributed by atoms with E-state index in [1.807, 2.05) is 24.3 Å². The van der Waals surface area contributed by atoms with Gasteiger partial charge in [0.2, 0.25) is 0 Å². The van der Waals surface area contributed by atoms with Crippen LogP contribution in [-0.2, 0) is 4.79 Å². The molecular weight excluding hydrogens is 256 g/mol. The lowest BCUT2D eigenvalue weighted by atomic mass is 10.0. The highest BCUT2D eigenvalue weighted by atomic mass is 16.8. The summed E-state index contributed by atoms with van der Waals surface area (Å²) in [5.74, 6) is -0.216. The smallest absolute Gasteiger partial charge is 0.256 e. The highest BCUT2D eigenvalue weighted by Crippen LogP contribution is 2.33. The first-order valence-corrected chi connectivity index (χ1v) is 6.11. The Hall–Kier alpha value is -2.47. The third kappa shape index (κ3) is 2.10. The molecule has 20 heavy (non-hydrogen) atoms. The quantitative estimate of drug-likeness (QED) is 0.571. The first kappa shape index (κ1) is 12.6. The monoisotopic (exact) mass is 268 g/mol. The molecule has 1 aliphatic rings. The summed E-state index contributed by atoms with van der Waals surface area (Å²) in [6.07, 6.45) is 1.62. The lowest BCUT2D eigenvalue weighted by molar-refractivity contribution is -0.991. The SMILES string of the molecule is O=C1Nc2ccccc2C1=Cc1ccccc1[NH+]([O-])O. The molecule has 5 nitrogen and oxygen atoms in total. The largest absolute Gasteiger partial charge is 0.595 e. The number of para-hydroxylation sites is 2. The fourth-order valence-electron chi connectivity index (χ4n) is 2.26. The molecule has 0 fully saturated rings. The number of hydrogen-bond donors (Lipinski definition) is 3. The fraction of sp³-hybridized carbons (Fsp3) is 0. The molecule has 1 unspecified atom stereocenters. The number of nitrogens with one attached hydrogen (secondary N) is 2. The average molecular weight is 268 g/mol. The van der Waals surface area contributed by atoms with E-state index < -0.39 is 5.23 Å². The van der Waals surface area contributed by atoms with Crippen LogP contribution >= 0.6 is 0 Å². The number of anilines is 1. The summed E-state index contributed by atoms with van der Waals surface area (Å²) in [6, 6.07) is 14.0. The fourth-order valence-corrected chi connectivity index (χ4v) is 2.26. The van der Waals surface area contributed by atoms with E-state index in [1.54, 1.807) is 24.3 Å².